The van der Waals surface area contributed by atoms with Crippen LogP contribution >= 0.6 is 23.1 Å². The number of hydrogen-bond donors (Lipinski definition) is 2. The lowest BCUT2D eigenvalue weighted by atomic mass is 10.1. The molecule has 1 unspecified atom stereocenters. The maximum Gasteiger partial charge on any atom is 0.348 e. The summed E-state index contributed by atoms with van der Waals surface area (Å²) in [6.07, 6.45) is 0.878. The van der Waals surface area contributed by atoms with Crippen LogP contribution < -0.4 is 5.32 Å². The van der Waals surface area contributed by atoms with Gasteiger partial charge in [0.25, 0.3) is 0 Å². The van der Waals surface area contributed by atoms with Crippen LogP contribution in [0.1, 0.15) is 16.1 Å². The van der Waals surface area contributed by atoms with Gasteiger partial charge in [0.2, 0.25) is 5.91 Å². The summed E-state index contributed by atoms with van der Waals surface area (Å²) >= 11 is 2.88. The molecule has 1 saturated heterocycles. The highest BCUT2D eigenvalue weighted by Gasteiger charge is 2.24. The Bertz CT molecular complexity index is 410. The van der Waals surface area contributed by atoms with Gasteiger partial charge in [0.05, 0.1) is 5.69 Å². The largest absolute Gasteiger partial charge is 0.477 e. The van der Waals surface area contributed by atoms with Crippen molar-refractivity contribution in [1.82, 2.24) is 0 Å². The fraction of sp³-hybridized carbons (Fsp3) is 0.400. The Labute approximate surface area is 101 Å². The molecule has 1 amide bonds. The van der Waals surface area contributed by atoms with E-state index >= 15 is 0 Å². The van der Waals surface area contributed by atoms with Crippen molar-refractivity contribution in [2.24, 2.45) is 5.92 Å². The van der Waals surface area contributed by atoms with Gasteiger partial charge in [0.1, 0.15) is 4.88 Å². The van der Waals surface area contributed by atoms with Crippen molar-refractivity contribution < 1.29 is 14.7 Å². The monoisotopic (exact) mass is 257 g/mol. The first-order valence-electron chi connectivity index (χ1n) is 4.88. The Morgan fingerprint density at radius 3 is 2.94 bits per heavy atom. The van der Waals surface area contributed by atoms with E-state index in [1.165, 1.54) is 0 Å². The van der Waals surface area contributed by atoms with Gasteiger partial charge in [-0.2, -0.15) is 11.8 Å². The lowest BCUT2D eigenvalue weighted by Crippen LogP contribution is -2.22. The first-order valence-corrected chi connectivity index (χ1v) is 6.91. The number of thiophene rings is 1. The smallest absolute Gasteiger partial charge is 0.348 e. The van der Waals surface area contributed by atoms with Gasteiger partial charge in [-0.15, -0.1) is 11.3 Å². The number of thioether (sulfide) groups is 1. The molecule has 0 radical (unpaired) electrons. The molecular formula is C10H11NO3S2. The first-order chi connectivity index (χ1) is 7.68. The number of nitrogens with one attached hydrogen (secondary N) is 1. The summed E-state index contributed by atoms with van der Waals surface area (Å²) in [5.74, 6) is 0.801. The highest BCUT2D eigenvalue weighted by atomic mass is 32.2. The fourth-order valence-electron chi connectivity index (χ4n) is 1.55. The molecular weight excluding hydrogens is 246 g/mol. The topological polar surface area (TPSA) is 66.4 Å². The lowest BCUT2D eigenvalue weighted by Gasteiger charge is -2.08. The average Bonchev–Trinajstić information content (AvgIpc) is 2.86. The number of aromatic carboxylic acids is 1. The quantitative estimate of drug-likeness (QED) is 0.870. The summed E-state index contributed by atoms with van der Waals surface area (Å²) in [6.45, 7) is 0. The minimum Gasteiger partial charge on any atom is -0.477 e. The number of hydrogen-bond acceptors (Lipinski definition) is 4. The predicted molar refractivity (Wildman–Crippen MR) is 65.3 cm³/mol. The molecule has 16 heavy (non-hydrogen) atoms. The molecule has 2 heterocycles. The molecule has 1 aliphatic rings. The van der Waals surface area contributed by atoms with Crippen molar-refractivity contribution in [2.75, 3.05) is 16.8 Å². The molecule has 1 aliphatic heterocycles. The van der Waals surface area contributed by atoms with E-state index < -0.39 is 5.97 Å². The zero-order valence-corrected chi connectivity index (χ0v) is 10.1. The minimum absolute atomic E-state index is 0.0199. The molecule has 86 valence electrons. The second kappa shape index (κ2) is 4.88. The van der Waals surface area contributed by atoms with Crippen LogP contribution in [0.15, 0.2) is 11.4 Å². The summed E-state index contributed by atoms with van der Waals surface area (Å²) in [6, 6.07) is 1.63. The molecule has 1 atom stereocenters. The number of rotatable bonds is 3. The van der Waals surface area contributed by atoms with Crippen molar-refractivity contribution in [3.05, 3.63) is 16.3 Å². The zero-order chi connectivity index (χ0) is 11.5. The third-order valence-electron chi connectivity index (χ3n) is 2.42. The van der Waals surface area contributed by atoms with Crippen LogP contribution in [0, 0.1) is 5.92 Å². The standard InChI is InChI=1S/C10H11NO3S2/c12-9(6-1-3-15-5-6)11-7-2-4-16-8(7)10(13)14/h2,4,6H,1,3,5H2,(H,11,12)(H,13,14). The van der Waals surface area contributed by atoms with E-state index in [-0.39, 0.29) is 16.7 Å². The number of carboxylic acid groups (broad SMARTS) is 1. The average molecular weight is 257 g/mol. The number of amides is 1. The third-order valence-corrected chi connectivity index (χ3v) is 4.48. The Morgan fingerprint density at radius 1 is 1.50 bits per heavy atom. The number of carboxylic acids is 1. The Kier molecular flexibility index (Phi) is 3.50. The number of carbonyl (C=O) groups excluding carboxylic acids is 1. The molecule has 6 heteroatoms. The number of carbonyl (C=O) groups is 2. The molecule has 1 fully saturated rings. The highest BCUT2D eigenvalue weighted by molar-refractivity contribution is 7.99. The normalized spacial score (nSPS) is 19.6. The molecule has 0 bridgehead atoms. The Hall–Kier alpha value is -1.01. The molecule has 0 saturated carbocycles. The van der Waals surface area contributed by atoms with Crippen molar-refractivity contribution in [3.63, 3.8) is 0 Å². The van der Waals surface area contributed by atoms with Gasteiger partial charge < -0.3 is 10.4 Å². The maximum absolute atomic E-state index is 11.8. The molecule has 0 aliphatic carbocycles. The summed E-state index contributed by atoms with van der Waals surface area (Å²) < 4.78 is 0. The summed E-state index contributed by atoms with van der Waals surface area (Å²) in [7, 11) is 0. The molecule has 2 N–H and O–H groups in total. The van der Waals surface area contributed by atoms with Crippen molar-refractivity contribution in [3.8, 4) is 0 Å². The van der Waals surface area contributed by atoms with Crippen LogP contribution in [0.4, 0.5) is 5.69 Å². The summed E-state index contributed by atoms with van der Waals surface area (Å²) in [5.41, 5.74) is 0.416. The molecule has 4 nitrogen and oxygen atoms in total. The van der Waals surface area contributed by atoms with Gasteiger partial charge in [-0.25, -0.2) is 4.79 Å². The lowest BCUT2D eigenvalue weighted by molar-refractivity contribution is -0.119. The van der Waals surface area contributed by atoms with Gasteiger partial charge in [0, 0.05) is 11.7 Å². The van der Waals surface area contributed by atoms with E-state index in [1.807, 2.05) is 0 Å². The predicted octanol–water partition coefficient (Wildman–Crippen LogP) is 2.14. The van der Waals surface area contributed by atoms with Crippen molar-refractivity contribution >= 4 is 40.7 Å². The van der Waals surface area contributed by atoms with Gasteiger partial charge in [-0.1, -0.05) is 0 Å². The second-order valence-corrected chi connectivity index (χ2v) is 5.58. The summed E-state index contributed by atoms with van der Waals surface area (Å²) in [5, 5.41) is 13.2. The van der Waals surface area contributed by atoms with E-state index in [2.05, 4.69) is 5.32 Å². The van der Waals surface area contributed by atoms with Gasteiger partial charge in [0.15, 0.2) is 0 Å². The molecule has 1 aromatic rings. The van der Waals surface area contributed by atoms with E-state index in [0.29, 0.717) is 5.69 Å². The van der Waals surface area contributed by atoms with E-state index in [1.54, 1.807) is 23.2 Å². The Morgan fingerprint density at radius 2 is 2.31 bits per heavy atom. The molecule has 1 aromatic heterocycles. The zero-order valence-electron chi connectivity index (χ0n) is 8.43. The highest BCUT2D eigenvalue weighted by Crippen LogP contribution is 2.27. The van der Waals surface area contributed by atoms with Gasteiger partial charge in [-0.3, -0.25) is 4.79 Å². The van der Waals surface area contributed by atoms with Gasteiger partial charge in [-0.05, 0) is 23.6 Å². The first kappa shape index (κ1) is 11.5. The van der Waals surface area contributed by atoms with Crippen molar-refractivity contribution in [2.45, 2.75) is 6.42 Å². The van der Waals surface area contributed by atoms with Crippen LogP contribution in [-0.2, 0) is 4.79 Å². The van der Waals surface area contributed by atoms with Crippen LogP contribution in [-0.4, -0.2) is 28.5 Å². The van der Waals surface area contributed by atoms with Crippen LogP contribution in [0.3, 0.4) is 0 Å². The minimum atomic E-state index is -0.994. The second-order valence-electron chi connectivity index (χ2n) is 3.52. The maximum atomic E-state index is 11.8. The third kappa shape index (κ3) is 2.38. The molecule has 0 aromatic carbocycles. The van der Waals surface area contributed by atoms with Crippen molar-refractivity contribution in [1.29, 1.82) is 0 Å². The fourth-order valence-corrected chi connectivity index (χ4v) is 3.46. The van der Waals surface area contributed by atoms with E-state index in [0.717, 1.165) is 29.3 Å². The molecule has 0 spiro atoms. The van der Waals surface area contributed by atoms with Crippen LogP contribution in [0.25, 0.3) is 0 Å². The van der Waals surface area contributed by atoms with Crippen LogP contribution in [0.5, 0.6) is 0 Å². The van der Waals surface area contributed by atoms with Crippen LogP contribution in [0.2, 0.25) is 0 Å². The summed E-state index contributed by atoms with van der Waals surface area (Å²) in [4.78, 5) is 22.8. The molecule has 2 rings (SSSR count). The Balaban J connectivity index is 2.05. The SMILES string of the molecule is O=C(O)c1sccc1NC(=O)C1CCSC1. The van der Waals surface area contributed by atoms with E-state index in [4.69, 9.17) is 5.11 Å². The number of anilines is 1. The van der Waals surface area contributed by atoms with Gasteiger partial charge >= 0.3 is 5.97 Å². The van der Waals surface area contributed by atoms with E-state index in [9.17, 15) is 9.59 Å².